The molecule has 4 rings (SSSR count). The first-order valence-electron chi connectivity index (χ1n) is 8.17. The third-order valence-electron chi connectivity index (χ3n) is 4.94. The molecule has 4 heteroatoms. The highest BCUT2D eigenvalue weighted by Gasteiger charge is 2.26. The molecule has 2 heterocycles. The van der Waals surface area contributed by atoms with Crippen LogP contribution in [0.3, 0.4) is 0 Å². The third-order valence-corrected chi connectivity index (χ3v) is 4.94. The number of rotatable bonds is 2. The number of carbonyl (C=O) groups is 1. The number of nitrogens with zero attached hydrogens (tertiary/aromatic N) is 2. The van der Waals surface area contributed by atoms with Gasteiger partial charge in [-0.3, -0.25) is 4.79 Å². The molecule has 0 saturated carbocycles. The van der Waals surface area contributed by atoms with Gasteiger partial charge in [-0.1, -0.05) is 18.2 Å². The number of amides is 1. The van der Waals surface area contributed by atoms with Gasteiger partial charge in [0, 0.05) is 35.8 Å². The van der Waals surface area contributed by atoms with Crippen molar-refractivity contribution in [2.75, 3.05) is 13.7 Å². The minimum Gasteiger partial charge on any atom is -0.497 e. The lowest BCUT2D eigenvalue weighted by atomic mass is 10.0. The molecule has 0 bridgehead atoms. The van der Waals surface area contributed by atoms with Crippen LogP contribution in [0.4, 0.5) is 0 Å². The number of hydrogen-bond acceptors (Lipinski definition) is 2. The Morgan fingerprint density at radius 1 is 1.08 bits per heavy atom. The zero-order valence-electron chi connectivity index (χ0n) is 14.0. The summed E-state index contributed by atoms with van der Waals surface area (Å²) in [6, 6.07) is 15.8. The van der Waals surface area contributed by atoms with Gasteiger partial charge in [-0.25, -0.2) is 0 Å². The molecule has 1 aliphatic rings. The summed E-state index contributed by atoms with van der Waals surface area (Å²) in [5.41, 5.74) is 4.57. The van der Waals surface area contributed by atoms with Gasteiger partial charge in [0.15, 0.2) is 0 Å². The van der Waals surface area contributed by atoms with Crippen LogP contribution in [0, 0.1) is 0 Å². The van der Waals surface area contributed by atoms with Gasteiger partial charge in [0.2, 0.25) is 0 Å². The second-order valence-corrected chi connectivity index (χ2v) is 6.21. The highest BCUT2D eigenvalue weighted by Crippen LogP contribution is 2.30. The molecule has 0 spiro atoms. The van der Waals surface area contributed by atoms with Crippen molar-refractivity contribution < 1.29 is 9.53 Å². The standard InChI is InChI=1S/C20H20N2O2/c1-21-18-6-4-3-5-16(18)17-11-12-22(13-19(17)21)20(23)14-7-9-15(24-2)10-8-14/h3-10H,11-13H2,1-2H3. The lowest BCUT2D eigenvalue weighted by Crippen LogP contribution is -2.36. The van der Waals surface area contributed by atoms with Gasteiger partial charge >= 0.3 is 0 Å². The summed E-state index contributed by atoms with van der Waals surface area (Å²) in [5, 5.41) is 1.31. The predicted molar refractivity (Wildman–Crippen MR) is 94.4 cm³/mol. The summed E-state index contributed by atoms with van der Waals surface area (Å²) in [6.45, 7) is 1.41. The molecule has 0 saturated heterocycles. The van der Waals surface area contributed by atoms with E-state index in [1.165, 1.54) is 22.2 Å². The molecule has 1 amide bonds. The van der Waals surface area contributed by atoms with Crippen LogP contribution in [0.25, 0.3) is 10.9 Å². The number of fused-ring (bicyclic) bond motifs is 3. The van der Waals surface area contributed by atoms with Crippen molar-refractivity contribution in [3.63, 3.8) is 0 Å². The van der Waals surface area contributed by atoms with Crippen molar-refractivity contribution in [1.82, 2.24) is 9.47 Å². The average Bonchev–Trinajstić information content (AvgIpc) is 2.94. The summed E-state index contributed by atoms with van der Waals surface area (Å²) in [7, 11) is 3.71. The third kappa shape index (κ3) is 2.26. The van der Waals surface area contributed by atoms with E-state index >= 15 is 0 Å². The minimum atomic E-state index is 0.0774. The van der Waals surface area contributed by atoms with E-state index in [2.05, 4.69) is 35.9 Å². The Bertz CT molecular complexity index is 909. The maximum atomic E-state index is 12.8. The van der Waals surface area contributed by atoms with Crippen molar-refractivity contribution in [3.8, 4) is 5.75 Å². The Morgan fingerprint density at radius 3 is 2.58 bits per heavy atom. The first-order chi connectivity index (χ1) is 11.7. The number of hydrogen-bond donors (Lipinski definition) is 0. The van der Waals surface area contributed by atoms with Crippen LogP contribution in [0.15, 0.2) is 48.5 Å². The molecule has 0 aliphatic carbocycles. The van der Waals surface area contributed by atoms with Gasteiger partial charge in [-0.05, 0) is 42.3 Å². The highest BCUT2D eigenvalue weighted by atomic mass is 16.5. The van der Waals surface area contributed by atoms with E-state index in [0.29, 0.717) is 12.1 Å². The lowest BCUT2D eigenvalue weighted by molar-refractivity contribution is 0.0731. The van der Waals surface area contributed by atoms with Crippen LogP contribution in [-0.2, 0) is 20.0 Å². The first kappa shape index (κ1) is 14.8. The summed E-state index contributed by atoms with van der Waals surface area (Å²) in [6.07, 6.45) is 0.901. The average molecular weight is 320 g/mol. The molecule has 3 aromatic rings. The van der Waals surface area contributed by atoms with Crippen molar-refractivity contribution in [2.24, 2.45) is 7.05 Å². The van der Waals surface area contributed by atoms with Crippen molar-refractivity contribution >= 4 is 16.8 Å². The molecule has 2 aromatic carbocycles. The van der Waals surface area contributed by atoms with Gasteiger partial charge in [-0.15, -0.1) is 0 Å². The van der Waals surface area contributed by atoms with Gasteiger partial charge < -0.3 is 14.2 Å². The fourth-order valence-corrected chi connectivity index (χ4v) is 3.60. The van der Waals surface area contributed by atoms with E-state index in [0.717, 1.165) is 18.7 Å². The van der Waals surface area contributed by atoms with E-state index < -0.39 is 0 Å². The number of methoxy groups -OCH3 is 1. The van der Waals surface area contributed by atoms with Crippen molar-refractivity contribution in [2.45, 2.75) is 13.0 Å². The molecule has 4 nitrogen and oxygen atoms in total. The molecule has 0 unspecified atom stereocenters. The number of benzene rings is 2. The Balaban J connectivity index is 1.65. The second kappa shape index (κ2) is 5.71. The molecular weight excluding hydrogens is 300 g/mol. The summed E-state index contributed by atoms with van der Waals surface area (Å²) >= 11 is 0. The first-order valence-corrected chi connectivity index (χ1v) is 8.17. The quantitative estimate of drug-likeness (QED) is 0.725. The van der Waals surface area contributed by atoms with Crippen LogP contribution in [-0.4, -0.2) is 29.0 Å². The normalized spacial score (nSPS) is 13.8. The second-order valence-electron chi connectivity index (χ2n) is 6.21. The summed E-state index contributed by atoms with van der Waals surface area (Å²) in [4.78, 5) is 14.7. The van der Waals surface area contributed by atoms with E-state index in [9.17, 15) is 4.79 Å². The van der Waals surface area contributed by atoms with Crippen LogP contribution < -0.4 is 4.74 Å². The van der Waals surface area contributed by atoms with Gasteiger partial charge in [0.25, 0.3) is 5.91 Å². The maximum absolute atomic E-state index is 12.8. The number of carbonyl (C=O) groups excluding carboxylic acids is 1. The Kier molecular flexibility index (Phi) is 3.53. The van der Waals surface area contributed by atoms with E-state index in [4.69, 9.17) is 4.74 Å². The van der Waals surface area contributed by atoms with E-state index in [-0.39, 0.29) is 5.91 Å². The molecule has 1 aromatic heterocycles. The number of aryl methyl sites for hydroxylation is 1. The predicted octanol–water partition coefficient (Wildman–Crippen LogP) is 3.39. The fraction of sp³-hybridized carbons (Fsp3) is 0.250. The van der Waals surface area contributed by atoms with Crippen LogP contribution in [0.1, 0.15) is 21.6 Å². The Morgan fingerprint density at radius 2 is 1.83 bits per heavy atom. The topological polar surface area (TPSA) is 34.5 Å². The zero-order valence-corrected chi connectivity index (χ0v) is 14.0. The van der Waals surface area contributed by atoms with Crippen LogP contribution in [0.5, 0.6) is 5.75 Å². The summed E-state index contributed by atoms with van der Waals surface area (Å²) in [5.74, 6) is 0.842. The maximum Gasteiger partial charge on any atom is 0.254 e. The zero-order chi connectivity index (χ0) is 16.7. The van der Waals surface area contributed by atoms with Crippen molar-refractivity contribution in [3.05, 3.63) is 65.4 Å². The van der Waals surface area contributed by atoms with Gasteiger partial charge in [-0.2, -0.15) is 0 Å². The lowest BCUT2D eigenvalue weighted by Gasteiger charge is -2.28. The summed E-state index contributed by atoms with van der Waals surface area (Å²) < 4.78 is 7.38. The number of para-hydroxylation sites is 1. The van der Waals surface area contributed by atoms with Gasteiger partial charge in [0.1, 0.15) is 5.75 Å². The van der Waals surface area contributed by atoms with Crippen LogP contribution >= 0.6 is 0 Å². The van der Waals surface area contributed by atoms with E-state index in [1.54, 1.807) is 7.11 Å². The van der Waals surface area contributed by atoms with E-state index in [1.807, 2.05) is 29.2 Å². The molecule has 0 radical (unpaired) electrons. The smallest absolute Gasteiger partial charge is 0.254 e. The molecule has 0 fully saturated rings. The molecule has 24 heavy (non-hydrogen) atoms. The van der Waals surface area contributed by atoms with Gasteiger partial charge in [0.05, 0.1) is 13.7 Å². The number of aromatic nitrogens is 1. The molecule has 0 N–H and O–H groups in total. The Labute approximate surface area is 141 Å². The van der Waals surface area contributed by atoms with Crippen molar-refractivity contribution in [1.29, 1.82) is 0 Å². The largest absolute Gasteiger partial charge is 0.497 e. The Hall–Kier alpha value is -2.75. The fourth-order valence-electron chi connectivity index (χ4n) is 3.60. The monoisotopic (exact) mass is 320 g/mol. The molecular formula is C20H20N2O2. The SMILES string of the molecule is COc1ccc(C(=O)N2CCc3c(n(C)c4ccccc34)C2)cc1. The molecule has 122 valence electrons. The molecule has 0 atom stereocenters. The highest BCUT2D eigenvalue weighted by molar-refractivity contribution is 5.95. The minimum absolute atomic E-state index is 0.0774. The molecule has 1 aliphatic heterocycles. The van der Waals surface area contributed by atoms with Crippen LogP contribution in [0.2, 0.25) is 0 Å². The number of ether oxygens (including phenoxy) is 1.